The van der Waals surface area contributed by atoms with Gasteiger partial charge in [-0.25, -0.2) is 4.98 Å². The van der Waals surface area contributed by atoms with Crippen LogP contribution in [0.3, 0.4) is 0 Å². The highest BCUT2D eigenvalue weighted by atomic mass is 16.1. The van der Waals surface area contributed by atoms with E-state index in [-0.39, 0.29) is 11.1 Å². The standard InChI is InChI=1S/C18H17N7O/c1-18(2)9-25-16(26)6-14(21-17(25)22-18)12-7-19-13-4-3-10(5-11(12)13)15-8-20-24-23-15/h3-8,19H,9H2,1-2H3,(H,21,22)(H,20,23,24). The number of hydrogen-bond donors (Lipinski definition) is 3. The molecule has 3 aromatic heterocycles. The maximum Gasteiger partial charge on any atom is 0.255 e. The molecule has 1 aliphatic rings. The Bertz CT molecular complexity index is 1180. The minimum absolute atomic E-state index is 0.0509. The Hall–Kier alpha value is -3.42. The first-order valence-electron chi connectivity index (χ1n) is 8.39. The van der Waals surface area contributed by atoms with Gasteiger partial charge in [-0.2, -0.15) is 0 Å². The number of anilines is 1. The predicted molar refractivity (Wildman–Crippen MR) is 98.9 cm³/mol. The van der Waals surface area contributed by atoms with Crippen LogP contribution in [-0.2, 0) is 6.54 Å². The Morgan fingerprint density at radius 1 is 1.15 bits per heavy atom. The van der Waals surface area contributed by atoms with Gasteiger partial charge in [0, 0.05) is 40.5 Å². The molecule has 26 heavy (non-hydrogen) atoms. The first-order chi connectivity index (χ1) is 12.5. The molecular formula is C18H17N7O. The molecule has 0 saturated carbocycles. The van der Waals surface area contributed by atoms with Crippen molar-refractivity contribution < 1.29 is 0 Å². The van der Waals surface area contributed by atoms with Crippen molar-refractivity contribution in [2.75, 3.05) is 5.32 Å². The fraction of sp³-hybridized carbons (Fsp3) is 0.222. The van der Waals surface area contributed by atoms with Crippen molar-refractivity contribution in [2.24, 2.45) is 0 Å². The van der Waals surface area contributed by atoms with E-state index < -0.39 is 0 Å². The monoisotopic (exact) mass is 347 g/mol. The summed E-state index contributed by atoms with van der Waals surface area (Å²) in [6.45, 7) is 4.71. The molecule has 5 rings (SSSR count). The zero-order chi connectivity index (χ0) is 17.9. The molecular weight excluding hydrogens is 330 g/mol. The van der Waals surface area contributed by atoms with Gasteiger partial charge >= 0.3 is 0 Å². The third-order valence-corrected chi connectivity index (χ3v) is 4.68. The summed E-state index contributed by atoms with van der Waals surface area (Å²) in [5, 5.41) is 14.9. The lowest BCUT2D eigenvalue weighted by Gasteiger charge is -2.15. The van der Waals surface area contributed by atoms with E-state index in [1.807, 2.05) is 24.4 Å². The van der Waals surface area contributed by atoms with Crippen LogP contribution in [0.4, 0.5) is 5.95 Å². The zero-order valence-electron chi connectivity index (χ0n) is 14.4. The highest BCUT2D eigenvalue weighted by molar-refractivity contribution is 5.97. The van der Waals surface area contributed by atoms with Gasteiger partial charge in [0.15, 0.2) is 0 Å². The summed E-state index contributed by atoms with van der Waals surface area (Å²) in [6, 6.07) is 7.60. The molecule has 0 amide bonds. The summed E-state index contributed by atoms with van der Waals surface area (Å²) in [5.41, 5.74) is 3.99. The van der Waals surface area contributed by atoms with Crippen molar-refractivity contribution in [1.29, 1.82) is 0 Å². The van der Waals surface area contributed by atoms with Crippen molar-refractivity contribution in [2.45, 2.75) is 25.9 Å². The molecule has 0 bridgehead atoms. The van der Waals surface area contributed by atoms with Gasteiger partial charge in [-0.3, -0.25) is 14.5 Å². The molecule has 1 aromatic carbocycles. The van der Waals surface area contributed by atoms with E-state index in [0.29, 0.717) is 18.2 Å². The number of aromatic amines is 2. The van der Waals surface area contributed by atoms with Crippen LogP contribution in [0.25, 0.3) is 33.4 Å². The van der Waals surface area contributed by atoms with Gasteiger partial charge < -0.3 is 10.3 Å². The molecule has 4 heterocycles. The summed E-state index contributed by atoms with van der Waals surface area (Å²) >= 11 is 0. The largest absolute Gasteiger partial charge is 0.360 e. The first kappa shape index (κ1) is 14.9. The number of fused-ring (bicyclic) bond motifs is 2. The fourth-order valence-corrected chi connectivity index (χ4v) is 3.46. The van der Waals surface area contributed by atoms with E-state index in [2.05, 4.69) is 39.6 Å². The summed E-state index contributed by atoms with van der Waals surface area (Å²) in [7, 11) is 0. The molecule has 0 spiro atoms. The van der Waals surface area contributed by atoms with Crippen molar-refractivity contribution in [3.05, 3.63) is 47.0 Å². The van der Waals surface area contributed by atoms with Crippen molar-refractivity contribution in [3.63, 3.8) is 0 Å². The van der Waals surface area contributed by atoms with E-state index in [1.165, 1.54) is 0 Å². The fourth-order valence-electron chi connectivity index (χ4n) is 3.46. The van der Waals surface area contributed by atoms with Crippen LogP contribution in [0.1, 0.15) is 13.8 Å². The number of benzene rings is 1. The summed E-state index contributed by atoms with van der Waals surface area (Å²) < 4.78 is 1.68. The maximum atomic E-state index is 12.6. The predicted octanol–water partition coefficient (Wildman–Crippen LogP) is 2.38. The van der Waals surface area contributed by atoms with Crippen LogP contribution < -0.4 is 10.9 Å². The molecule has 0 unspecified atom stereocenters. The number of nitrogens with zero attached hydrogens (tertiary/aromatic N) is 4. The highest BCUT2D eigenvalue weighted by Crippen LogP contribution is 2.32. The molecule has 8 heteroatoms. The first-order valence-corrected chi connectivity index (χ1v) is 8.39. The maximum absolute atomic E-state index is 12.6. The SMILES string of the molecule is CC1(C)Cn2c(nc(-c3c[nH]c4ccc(-c5c[nH]nn5)cc34)cc2=O)N1. The smallest absolute Gasteiger partial charge is 0.255 e. The lowest BCUT2D eigenvalue weighted by atomic mass is 10.1. The molecule has 4 aromatic rings. The average Bonchev–Trinajstić information content (AvgIpc) is 3.30. The Balaban J connectivity index is 1.68. The van der Waals surface area contributed by atoms with Crippen LogP contribution in [0, 0.1) is 0 Å². The molecule has 0 atom stereocenters. The molecule has 8 nitrogen and oxygen atoms in total. The second kappa shape index (κ2) is 5.04. The normalized spacial score (nSPS) is 15.2. The van der Waals surface area contributed by atoms with E-state index in [4.69, 9.17) is 4.98 Å². The van der Waals surface area contributed by atoms with E-state index in [0.717, 1.165) is 27.7 Å². The minimum Gasteiger partial charge on any atom is -0.360 e. The van der Waals surface area contributed by atoms with Crippen molar-refractivity contribution in [3.8, 4) is 22.5 Å². The lowest BCUT2D eigenvalue weighted by Crippen LogP contribution is -2.29. The average molecular weight is 347 g/mol. The van der Waals surface area contributed by atoms with Gasteiger partial charge in [-0.15, -0.1) is 5.10 Å². The molecule has 1 aliphatic heterocycles. The van der Waals surface area contributed by atoms with Gasteiger partial charge in [0.2, 0.25) is 5.95 Å². The Labute approximate surface area is 148 Å². The Morgan fingerprint density at radius 2 is 2.04 bits per heavy atom. The van der Waals surface area contributed by atoms with Gasteiger partial charge in [-0.1, -0.05) is 11.3 Å². The second-order valence-electron chi connectivity index (χ2n) is 7.22. The van der Waals surface area contributed by atoms with Crippen molar-refractivity contribution in [1.82, 2.24) is 29.9 Å². The number of rotatable bonds is 2. The molecule has 0 radical (unpaired) electrons. The van der Waals surface area contributed by atoms with Crippen LogP contribution in [0.2, 0.25) is 0 Å². The van der Waals surface area contributed by atoms with Gasteiger partial charge in [0.05, 0.1) is 17.8 Å². The van der Waals surface area contributed by atoms with Gasteiger partial charge in [-0.05, 0) is 26.0 Å². The quantitative estimate of drug-likeness (QED) is 0.516. The third-order valence-electron chi connectivity index (χ3n) is 4.68. The molecule has 130 valence electrons. The number of nitrogens with one attached hydrogen (secondary N) is 3. The summed E-state index contributed by atoms with van der Waals surface area (Å²) in [5.74, 6) is 0.611. The molecule has 0 saturated heterocycles. The molecule has 0 aliphatic carbocycles. The number of hydrogen-bond acceptors (Lipinski definition) is 5. The van der Waals surface area contributed by atoms with Crippen LogP contribution in [-0.4, -0.2) is 35.5 Å². The zero-order valence-corrected chi connectivity index (χ0v) is 14.4. The van der Waals surface area contributed by atoms with E-state index >= 15 is 0 Å². The van der Waals surface area contributed by atoms with Crippen LogP contribution in [0.5, 0.6) is 0 Å². The molecule has 0 fully saturated rings. The summed E-state index contributed by atoms with van der Waals surface area (Å²) in [4.78, 5) is 20.5. The number of H-pyrrole nitrogens is 2. The van der Waals surface area contributed by atoms with Crippen LogP contribution >= 0.6 is 0 Å². The van der Waals surface area contributed by atoms with Crippen LogP contribution in [0.15, 0.2) is 41.5 Å². The highest BCUT2D eigenvalue weighted by Gasteiger charge is 2.29. The van der Waals surface area contributed by atoms with E-state index in [9.17, 15) is 4.79 Å². The lowest BCUT2D eigenvalue weighted by molar-refractivity contribution is 0.517. The second-order valence-corrected chi connectivity index (χ2v) is 7.22. The number of aromatic nitrogens is 6. The topological polar surface area (TPSA) is 104 Å². The van der Waals surface area contributed by atoms with E-state index in [1.54, 1.807) is 16.8 Å². The van der Waals surface area contributed by atoms with Crippen molar-refractivity contribution >= 4 is 16.9 Å². The Morgan fingerprint density at radius 3 is 2.85 bits per heavy atom. The molecule has 3 N–H and O–H groups in total. The Kier molecular flexibility index (Phi) is 2.89. The third kappa shape index (κ3) is 2.22. The van der Waals surface area contributed by atoms with Gasteiger partial charge in [0.25, 0.3) is 5.56 Å². The summed E-state index contributed by atoms with van der Waals surface area (Å²) in [6.07, 6.45) is 3.63. The minimum atomic E-state index is -0.182. The van der Waals surface area contributed by atoms with Gasteiger partial charge in [0.1, 0.15) is 5.69 Å².